The highest BCUT2D eigenvalue weighted by Gasteiger charge is 2.60. The van der Waals surface area contributed by atoms with Crippen molar-refractivity contribution in [3.05, 3.63) is 42.2 Å². The molecule has 0 spiro atoms. The Labute approximate surface area is 176 Å². The van der Waals surface area contributed by atoms with Gasteiger partial charge in [-0.3, -0.25) is 9.78 Å². The highest BCUT2D eigenvalue weighted by molar-refractivity contribution is 5.89. The standard InChI is InChI=1S/C26H36N2O/c1-17(22-7-5-6-16-27-22)19-9-10-20-18-8-11-23-26(3,15-13-24(29)28(23)4)21(18)12-14-25(19,20)2/h5-7,13,15-21,23H,8-12,14H2,1-4H3/t17?,18-,19+,20-,21-,23+,25+,26+/m0/s1. The van der Waals surface area contributed by atoms with Crippen molar-refractivity contribution >= 4 is 5.91 Å². The average molecular weight is 393 g/mol. The molecule has 0 radical (unpaired) electrons. The van der Waals surface area contributed by atoms with Gasteiger partial charge in [-0.1, -0.05) is 32.9 Å². The van der Waals surface area contributed by atoms with Gasteiger partial charge in [0.15, 0.2) is 0 Å². The molecule has 1 aliphatic heterocycles. The van der Waals surface area contributed by atoms with Gasteiger partial charge in [0.2, 0.25) is 5.91 Å². The fourth-order valence-electron chi connectivity index (χ4n) is 8.45. The van der Waals surface area contributed by atoms with E-state index in [9.17, 15) is 4.79 Å². The van der Waals surface area contributed by atoms with E-state index in [0.717, 1.165) is 30.1 Å². The Morgan fingerprint density at radius 2 is 1.93 bits per heavy atom. The molecule has 5 rings (SSSR count). The largest absolute Gasteiger partial charge is 0.338 e. The van der Waals surface area contributed by atoms with Crippen molar-refractivity contribution in [1.29, 1.82) is 0 Å². The highest BCUT2D eigenvalue weighted by Crippen LogP contribution is 2.67. The summed E-state index contributed by atoms with van der Waals surface area (Å²) in [6, 6.07) is 6.77. The summed E-state index contributed by atoms with van der Waals surface area (Å²) in [5.41, 5.74) is 1.85. The number of carbonyl (C=O) groups excluding carboxylic acids is 1. The van der Waals surface area contributed by atoms with Crippen LogP contribution >= 0.6 is 0 Å². The molecule has 3 nitrogen and oxygen atoms in total. The number of aromatic nitrogens is 1. The average Bonchev–Trinajstić information content (AvgIpc) is 3.08. The smallest absolute Gasteiger partial charge is 0.246 e. The fourth-order valence-corrected chi connectivity index (χ4v) is 8.45. The molecule has 0 bridgehead atoms. The number of carbonyl (C=O) groups is 1. The molecule has 2 heterocycles. The maximum absolute atomic E-state index is 12.3. The number of pyridine rings is 1. The molecular formula is C26H36N2O. The first-order chi connectivity index (χ1) is 13.9. The van der Waals surface area contributed by atoms with Crippen molar-refractivity contribution in [1.82, 2.24) is 9.88 Å². The van der Waals surface area contributed by atoms with Gasteiger partial charge in [0.05, 0.1) is 0 Å². The Kier molecular flexibility index (Phi) is 4.46. The minimum Gasteiger partial charge on any atom is -0.338 e. The molecule has 3 fully saturated rings. The molecule has 3 heteroatoms. The minimum absolute atomic E-state index is 0.150. The molecule has 156 valence electrons. The van der Waals surface area contributed by atoms with Crippen LogP contribution in [-0.4, -0.2) is 28.9 Å². The van der Waals surface area contributed by atoms with Crippen molar-refractivity contribution in [3.8, 4) is 0 Å². The molecule has 29 heavy (non-hydrogen) atoms. The minimum atomic E-state index is 0.150. The van der Waals surface area contributed by atoms with Crippen LogP contribution in [-0.2, 0) is 4.79 Å². The van der Waals surface area contributed by atoms with Gasteiger partial charge in [0.25, 0.3) is 0 Å². The molecule has 3 aliphatic carbocycles. The van der Waals surface area contributed by atoms with Crippen molar-refractivity contribution < 1.29 is 4.79 Å². The first kappa shape index (κ1) is 19.3. The highest BCUT2D eigenvalue weighted by atomic mass is 16.2. The van der Waals surface area contributed by atoms with Crippen LogP contribution in [0.3, 0.4) is 0 Å². The molecular weight excluding hydrogens is 356 g/mol. The summed E-state index contributed by atoms with van der Waals surface area (Å²) in [5, 5.41) is 0. The second-order valence-electron chi connectivity index (χ2n) is 10.9. The van der Waals surface area contributed by atoms with Crippen molar-refractivity contribution in [3.63, 3.8) is 0 Å². The van der Waals surface area contributed by atoms with Crippen molar-refractivity contribution in [2.45, 2.75) is 71.3 Å². The lowest BCUT2D eigenvalue weighted by atomic mass is 9.47. The van der Waals surface area contributed by atoms with E-state index < -0.39 is 0 Å². The predicted molar refractivity (Wildman–Crippen MR) is 116 cm³/mol. The van der Waals surface area contributed by atoms with E-state index in [-0.39, 0.29) is 11.3 Å². The molecule has 0 N–H and O–H groups in total. The SMILES string of the molecule is CC(c1ccccn1)[C@H]1CC[C@H]2[C@@H]3CC[C@H]4N(C)C(=O)C=C[C@]4(C)[C@H]3CC[C@]12C. The number of amides is 1. The molecule has 1 aromatic heterocycles. The Morgan fingerprint density at radius 1 is 1.10 bits per heavy atom. The molecule has 1 aromatic rings. The lowest BCUT2D eigenvalue weighted by Gasteiger charge is -2.60. The first-order valence-corrected chi connectivity index (χ1v) is 11.7. The second-order valence-corrected chi connectivity index (χ2v) is 10.9. The maximum Gasteiger partial charge on any atom is 0.246 e. The summed E-state index contributed by atoms with van der Waals surface area (Å²) in [6.45, 7) is 7.46. The number of hydrogen-bond donors (Lipinski definition) is 0. The molecule has 0 saturated heterocycles. The zero-order chi connectivity index (χ0) is 20.4. The summed E-state index contributed by atoms with van der Waals surface area (Å²) in [4.78, 5) is 19.0. The van der Waals surface area contributed by atoms with Gasteiger partial charge in [-0.15, -0.1) is 0 Å². The topological polar surface area (TPSA) is 33.2 Å². The summed E-state index contributed by atoms with van der Waals surface area (Å²) in [6.07, 6.45) is 13.9. The van der Waals surface area contributed by atoms with Crippen LogP contribution in [0.5, 0.6) is 0 Å². The summed E-state index contributed by atoms with van der Waals surface area (Å²) in [5.74, 6) is 3.81. The van der Waals surface area contributed by atoms with Gasteiger partial charge in [-0.2, -0.15) is 0 Å². The van der Waals surface area contributed by atoms with Gasteiger partial charge < -0.3 is 4.90 Å². The van der Waals surface area contributed by atoms with Crippen LogP contribution in [0.1, 0.15) is 70.9 Å². The lowest BCUT2D eigenvalue weighted by molar-refractivity contribution is -0.139. The lowest BCUT2D eigenvalue weighted by Crippen LogP contribution is -2.59. The summed E-state index contributed by atoms with van der Waals surface area (Å²) < 4.78 is 0. The van der Waals surface area contributed by atoms with Crippen LogP contribution in [0.15, 0.2) is 36.5 Å². The summed E-state index contributed by atoms with van der Waals surface area (Å²) >= 11 is 0. The number of nitrogens with zero attached hydrogens (tertiary/aromatic N) is 2. The molecule has 1 unspecified atom stereocenters. The van der Waals surface area contributed by atoms with Crippen LogP contribution in [0, 0.1) is 34.5 Å². The predicted octanol–water partition coefficient (Wildman–Crippen LogP) is 5.44. The molecule has 0 aromatic carbocycles. The van der Waals surface area contributed by atoms with Crippen LogP contribution in [0.25, 0.3) is 0 Å². The van der Waals surface area contributed by atoms with E-state index in [2.05, 4.69) is 39.0 Å². The monoisotopic (exact) mass is 392 g/mol. The Bertz CT molecular complexity index is 819. The van der Waals surface area contributed by atoms with Gasteiger partial charge in [0, 0.05) is 36.3 Å². The van der Waals surface area contributed by atoms with Crippen LogP contribution < -0.4 is 0 Å². The van der Waals surface area contributed by atoms with E-state index >= 15 is 0 Å². The Morgan fingerprint density at radius 3 is 2.69 bits per heavy atom. The molecule has 4 aliphatic rings. The van der Waals surface area contributed by atoms with E-state index in [1.54, 1.807) is 0 Å². The first-order valence-electron chi connectivity index (χ1n) is 11.7. The maximum atomic E-state index is 12.3. The number of hydrogen-bond acceptors (Lipinski definition) is 2. The third-order valence-electron chi connectivity index (χ3n) is 9.96. The van der Waals surface area contributed by atoms with Crippen LogP contribution in [0.2, 0.25) is 0 Å². The van der Waals surface area contributed by atoms with Crippen molar-refractivity contribution in [2.75, 3.05) is 7.05 Å². The van der Waals surface area contributed by atoms with Crippen LogP contribution in [0.4, 0.5) is 0 Å². The quantitative estimate of drug-likeness (QED) is 0.671. The van der Waals surface area contributed by atoms with E-state index in [1.807, 2.05) is 30.3 Å². The third-order valence-corrected chi connectivity index (χ3v) is 9.96. The van der Waals surface area contributed by atoms with E-state index in [4.69, 9.17) is 4.98 Å². The molecule has 3 saturated carbocycles. The van der Waals surface area contributed by atoms with Gasteiger partial charge in [-0.25, -0.2) is 0 Å². The van der Waals surface area contributed by atoms with E-state index in [1.165, 1.54) is 37.8 Å². The summed E-state index contributed by atoms with van der Waals surface area (Å²) in [7, 11) is 2.02. The van der Waals surface area contributed by atoms with Crippen molar-refractivity contribution in [2.24, 2.45) is 34.5 Å². The Hall–Kier alpha value is -1.64. The van der Waals surface area contributed by atoms with Gasteiger partial charge in [-0.05, 0) is 85.8 Å². The number of rotatable bonds is 2. The number of likely N-dealkylation sites (N-methyl/N-ethyl adjacent to an activating group) is 1. The van der Waals surface area contributed by atoms with Gasteiger partial charge in [0.1, 0.15) is 0 Å². The van der Waals surface area contributed by atoms with E-state index in [0.29, 0.717) is 17.4 Å². The van der Waals surface area contributed by atoms with Gasteiger partial charge >= 0.3 is 0 Å². The zero-order valence-corrected chi connectivity index (χ0v) is 18.5. The normalized spacial score (nSPS) is 44.8. The Balaban J connectivity index is 1.43. The fraction of sp³-hybridized carbons (Fsp3) is 0.692. The molecule has 1 amide bonds. The molecule has 8 atom stereocenters. The number of fused-ring (bicyclic) bond motifs is 5. The second kappa shape index (κ2) is 6.68. The zero-order valence-electron chi connectivity index (χ0n) is 18.5. The third kappa shape index (κ3) is 2.68.